The highest BCUT2D eigenvalue weighted by atomic mass is 16.5. The largest absolute Gasteiger partial charge is 0.493 e. The number of aromatic nitrogens is 1. The Morgan fingerprint density at radius 3 is 2.22 bits per heavy atom. The van der Waals surface area contributed by atoms with Gasteiger partial charge < -0.3 is 15.2 Å². The van der Waals surface area contributed by atoms with Crippen LogP contribution in [0.4, 0.5) is 0 Å². The number of pyridine rings is 1. The van der Waals surface area contributed by atoms with E-state index in [4.69, 9.17) is 4.74 Å². The Morgan fingerprint density at radius 2 is 1.67 bits per heavy atom. The van der Waals surface area contributed by atoms with Crippen molar-refractivity contribution in [2.45, 2.75) is 65.8 Å². The molecule has 4 rings (SSSR count). The van der Waals surface area contributed by atoms with Gasteiger partial charge in [0.2, 0.25) is 5.88 Å². The normalized spacial score (nSPS) is 22.1. The summed E-state index contributed by atoms with van der Waals surface area (Å²) in [6.07, 6.45) is 5.85. The molecule has 2 aliphatic rings. The van der Waals surface area contributed by atoms with Crippen molar-refractivity contribution in [2.75, 3.05) is 7.11 Å². The smallest absolute Gasteiger partial charge is 0.308 e. The molecule has 0 saturated heterocycles. The maximum absolute atomic E-state index is 13.4. The third-order valence-electron chi connectivity index (χ3n) is 7.63. The van der Waals surface area contributed by atoms with Crippen molar-refractivity contribution >= 4 is 11.9 Å². The third kappa shape index (κ3) is 5.38. The number of carbonyl (C=O) groups excluding carboxylic acids is 2. The van der Waals surface area contributed by atoms with Gasteiger partial charge in [0, 0.05) is 23.9 Å². The molecule has 2 N–H and O–H groups in total. The number of hydrogen-bond donors (Lipinski definition) is 2. The van der Waals surface area contributed by atoms with Gasteiger partial charge in [0.15, 0.2) is 0 Å². The molecule has 2 fully saturated rings. The summed E-state index contributed by atoms with van der Waals surface area (Å²) in [7, 11) is 1.44. The maximum atomic E-state index is 13.4. The molecule has 190 valence electrons. The number of carbonyl (C=O) groups is 2. The topological polar surface area (TPSA) is 88.5 Å². The van der Waals surface area contributed by atoms with Crippen molar-refractivity contribution in [3.8, 4) is 17.0 Å². The van der Waals surface area contributed by atoms with Crippen molar-refractivity contribution < 1.29 is 19.4 Å². The first-order chi connectivity index (χ1) is 17.1. The molecular weight excluding hydrogens is 452 g/mol. The Kier molecular flexibility index (Phi) is 7.34. The van der Waals surface area contributed by atoms with Crippen LogP contribution < -0.4 is 5.32 Å². The van der Waals surface area contributed by atoms with Crippen LogP contribution in [0, 0.1) is 11.3 Å². The quantitative estimate of drug-likeness (QED) is 0.304. The molecule has 2 aliphatic carbocycles. The molecule has 0 radical (unpaired) electrons. The number of ether oxygens (including phenoxy) is 1. The lowest BCUT2D eigenvalue weighted by molar-refractivity contribution is -0.160. The summed E-state index contributed by atoms with van der Waals surface area (Å²) in [6, 6.07) is 11.9. The van der Waals surface area contributed by atoms with Crippen LogP contribution in [-0.4, -0.2) is 35.1 Å². The Morgan fingerprint density at radius 1 is 1.00 bits per heavy atom. The van der Waals surface area contributed by atoms with Crippen molar-refractivity contribution in [1.82, 2.24) is 10.3 Å². The van der Waals surface area contributed by atoms with Crippen LogP contribution in [0.2, 0.25) is 0 Å². The molecule has 0 atom stereocenters. The molecule has 36 heavy (non-hydrogen) atoms. The molecule has 1 amide bonds. The second-order valence-electron chi connectivity index (χ2n) is 10.8. The van der Waals surface area contributed by atoms with Crippen LogP contribution in [-0.2, 0) is 20.7 Å². The fourth-order valence-electron chi connectivity index (χ4n) is 5.80. The van der Waals surface area contributed by atoms with Gasteiger partial charge >= 0.3 is 5.97 Å². The molecule has 2 aromatic rings. The minimum Gasteiger partial charge on any atom is -0.493 e. The van der Waals surface area contributed by atoms with Gasteiger partial charge in [-0.1, -0.05) is 35.4 Å². The van der Waals surface area contributed by atoms with E-state index in [0.29, 0.717) is 6.42 Å². The summed E-state index contributed by atoms with van der Waals surface area (Å²) in [4.78, 5) is 29.0. The number of rotatable bonds is 7. The SMILES string of the molecule is COC(=O)C1CC2(CC(NC(=O)C(=C(C)C)C(Cc3ccc(-c4ccnc(O)c4)cc3)=C(C)C)C2)C1. The summed E-state index contributed by atoms with van der Waals surface area (Å²) in [6.45, 7) is 8.09. The summed E-state index contributed by atoms with van der Waals surface area (Å²) in [5, 5.41) is 12.9. The Bertz CT molecular complexity index is 1200. The predicted molar refractivity (Wildman–Crippen MR) is 140 cm³/mol. The average Bonchev–Trinajstić information content (AvgIpc) is 2.79. The van der Waals surface area contributed by atoms with E-state index < -0.39 is 0 Å². The van der Waals surface area contributed by atoms with Gasteiger partial charge in [0.05, 0.1) is 13.0 Å². The van der Waals surface area contributed by atoms with Gasteiger partial charge in [-0.05, 0) is 93.5 Å². The molecular formula is C30H36N2O4. The van der Waals surface area contributed by atoms with Crippen LogP contribution in [0.3, 0.4) is 0 Å². The number of nitrogens with zero attached hydrogens (tertiary/aromatic N) is 1. The highest BCUT2D eigenvalue weighted by molar-refractivity contribution is 5.99. The molecule has 0 unspecified atom stereocenters. The minimum absolute atomic E-state index is 0.000547. The standard InChI is InChI=1S/C30H36N2O4/c1-18(2)25(12-20-6-8-21(9-7-20)22-10-11-31-26(33)13-22)27(19(3)4)28(34)32-24-16-30(17-24)14-23(15-30)29(35)36-5/h6-11,13,23-24H,12,14-17H2,1-5H3,(H,31,33)(H,32,34). The predicted octanol–water partition coefficient (Wildman–Crippen LogP) is 5.52. The average molecular weight is 489 g/mol. The first-order valence-corrected chi connectivity index (χ1v) is 12.6. The molecule has 1 aromatic carbocycles. The van der Waals surface area contributed by atoms with Crippen LogP contribution >= 0.6 is 0 Å². The van der Waals surface area contributed by atoms with Crippen LogP contribution in [0.25, 0.3) is 11.1 Å². The number of aromatic hydroxyl groups is 1. The first kappa shape index (κ1) is 25.7. The molecule has 1 spiro atoms. The number of methoxy groups -OCH3 is 1. The highest BCUT2D eigenvalue weighted by Gasteiger charge is 2.55. The summed E-state index contributed by atoms with van der Waals surface area (Å²) in [5.74, 6) is -0.104. The zero-order valence-corrected chi connectivity index (χ0v) is 21.9. The van der Waals surface area contributed by atoms with E-state index in [1.54, 1.807) is 12.3 Å². The lowest BCUT2D eigenvalue weighted by Crippen LogP contribution is -2.57. The lowest BCUT2D eigenvalue weighted by Gasteiger charge is -2.56. The highest BCUT2D eigenvalue weighted by Crippen LogP contribution is 2.59. The van der Waals surface area contributed by atoms with Crippen LogP contribution in [0.5, 0.6) is 5.88 Å². The number of amides is 1. The van der Waals surface area contributed by atoms with E-state index in [2.05, 4.69) is 36.3 Å². The van der Waals surface area contributed by atoms with E-state index >= 15 is 0 Å². The zero-order valence-electron chi connectivity index (χ0n) is 21.9. The van der Waals surface area contributed by atoms with E-state index in [0.717, 1.165) is 64.7 Å². The van der Waals surface area contributed by atoms with E-state index in [1.807, 2.05) is 32.0 Å². The number of allylic oxidation sites excluding steroid dienone is 2. The fourth-order valence-corrected chi connectivity index (χ4v) is 5.80. The molecule has 0 aliphatic heterocycles. The van der Waals surface area contributed by atoms with Crippen molar-refractivity contribution in [2.24, 2.45) is 11.3 Å². The number of esters is 1. The minimum atomic E-state index is -0.111. The van der Waals surface area contributed by atoms with Crippen molar-refractivity contribution in [3.63, 3.8) is 0 Å². The summed E-state index contributed by atoms with van der Waals surface area (Å²) < 4.78 is 4.86. The fraction of sp³-hybridized carbons (Fsp3) is 0.433. The van der Waals surface area contributed by atoms with Gasteiger partial charge in [-0.2, -0.15) is 0 Å². The van der Waals surface area contributed by atoms with Gasteiger partial charge in [0.1, 0.15) is 0 Å². The Labute approximate surface area is 213 Å². The molecule has 6 nitrogen and oxygen atoms in total. The molecule has 6 heteroatoms. The number of hydrogen-bond acceptors (Lipinski definition) is 5. The number of benzene rings is 1. The maximum Gasteiger partial charge on any atom is 0.308 e. The molecule has 1 aromatic heterocycles. The summed E-state index contributed by atoms with van der Waals surface area (Å²) in [5.41, 5.74) is 7.15. The van der Waals surface area contributed by atoms with Gasteiger partial charge in [-0.25, -0.2) is 4.98 Å². The first-order valence-electron chi connectivity index (χ1n) is 12.6. The molecule has 1 heterocycles. The molecule has 2 saturated carbocycles. The van der Waals surface area contributed by atoms with E-state index in [-0.39, 0.29) is 35.1 Å². The van der Waals surface area contributed by atoms with Crippen LogP contribution in [0.1, 0.15) is 58.9 Å². The molecule has 0 bridgehead atoms. The second kappa shape index (κ2) is 10.3. The monoisotopic (exact) mass is 488 g/mol. The van der Waals surface area contributed by atoms with Crippen molar-refractivity contribution in [1.29, 1.82) is 0 Å². The van der Waals surface area contributed by atoms with E-state index in [1.165, 1.54) is 7.11 Å². The van der Waals surface area contributed by atoms with Gasteiger partial charge in [0.25, 0.3) is 5.91 Å². The van der Waals surface area contributed by atoms with Gasteiger partial charge in [-0.3, -0.25) is 9.59 Å². The van der Waals surface area contributed by atoms with E-state index in [9.17, 15) is 14.7 Å². The van der Waals surface area contributed by atoms with Crippen molar-refractivity contribution in [3.05, 3.63) is 70.5 Å². The Hall–Kier alpha value is -3.41. The number of nitrogens with one attached hydrogen (secondary N) is 1. The van der Waals surface area contributed by atoms with Gasteiger partial charge in [-0.15, -0.1) is 0 Å². The Balaban J connectivity index is 1.41. The lowest BCUT2D eigenvalue weighted by atomic mass is 9.50. The summed E-state index contributed by atoms with van der Waals surface area (Å²) >= 11 is 0. The third-order valence-corrected chi connectivity index (χ3v) is 7.63. The zero-order chi connectivity index (χ0) is 26.0. The van der Waals surface area contributed by atoms with Crippen LogP contribution in [0.15, 0.2) is 64.9 Å². The second-order valence-corrected chi connectivity index (χ2v) is 10.8.